The maximum absolute atomic E-state index is 5.52. The molecule has 1 rings (SSSR count). The van der Waals surface area contributed by atoms with Crippen LogP contribution in [-0.4, -0.2) is 30.2 Å². The van der Waals surface area contributed by atoms with E-state index in [2.05, 4.69) is 41.5 Å². The first-order valence-electron chi connectivity index (χ1n) is 6.48. The molecule has 0 saturated heterocycles. The van der Waals surface area contributed by atoms with Gasteiger partial charge in [0.25, 0.3) is 0 Å². The van der Waals surface area contributed by atoms with Crippen LogP contribution in [0.15, 0.2) is 0 Å². The van der Waals surface area contributed by atoms with Gasteiger partial charge in [0, 0.05) is 31.2 Å². The summed E-state index contributed by atoms with van der Waals surface area (Å²) in [4.78, 5) is 9.05. The van der Waals surface area contributed by atoms with E-state index in [1.165, 1.54) is 0 Å². The molecule has 1 heterocycles. The molecule has 0 radical (unpaired) electrons. The highest BCUT2D eigenvalue weighted by Gasteiger charge is 2.20. The molecule has 0 aliphatic rings. The highest BCUT2D eigenvalue weighted by atomic mass is 16.5. The van der Waals surface area contributed by atoms with E-state index in [1.54, 1.807) is 7.11 Å². The van der Waals surface area contributed by atoms with Crippen molar-refractivity contribution in [2.75, 3.05) is 31.0 Å². The Hall–Kier alpha value is -1.40. The van der Waals surface area contributed by atoms with E-state index in [0.29, 0.717) is 5.82 Å². The number of hydrogen-bond donors (Lipinski definition) is 3. The van der Waals surface area contributed by atoms with Crippen molar-refractivity contribution in [1.29, 1.82) is 0 Å². The van der Waals surface area contributed by atoms with Crippen LogP contribution in [0.4, 0.5) is 11.6 Å². The van der Waals surface area contributed by atoms with E-state index in [0.717, 1.165) is 36.8 Å². The predicted molar refractivity (Wildman–Crippen MR) is 78.3 cm³/mol. The summed E-state index contributed by atoms with van der Waals surface area (Å²) < 4.78 is 5.03. The first-order chi connectivity index (χ1) is 8.90. The summed E-state index contributed by atoms with van der Waals surface area (Å²) in [6, 6.07) is 0. The highest BCUT2D eigenvalue weighted by molar-refractivity contribution is 5.57. The molecule has 0 amide bonds. The van der Waals surface area contributed by atoms with Crippen LogP contribution in [-0.2, 0) is 10.2 Å². The number of aromatic nitrogens is 2. The number of ether oxygens (including phenoxy) is 1. The van der Waals surface area contributed by atoms with Gasteiger partial charge in [-0.2, -0.15) is 0 Å². The van der Waals surface area contributed by atoms with Crippen LogP contribution in [0.25, 0.3) is 0 Å². The molecule has 19 heavy (non-hydrogen) atoms. The number of anilines is 2. The Morgan fingerprint density at radius 1 is 1.21 bits per heavy atom. The van der Waals surface area contributed by atoms with Crippen LogP contribution in [0, 0.1) is 6.92 Å². The average molecular weight is 267 g/mol. The molecule has 0 bridgehead atoms. The molecule has 0 aliphatic heterocycles. The van der Waals surface area contributed by atoms with Crippen LogP contribution in [0.2, 0.25) is 0 Å². The van der Waals surface area contributed by atoms with Gasteiger partial charge in [-0.05, 0) is 13.3 Å². The minimum absolute atomic E-state index is 0.123. The first kappa shape index (κ1) is 15.7. The highest BCUT2D eigenvalue weighted by Crippen LogP contribution is 2.25. The second-order valence-corrected chi connectivity index (χ2v) is 5.54. The lowest BCUT2D eigenvalue weighted by Gasteiger charge is -2.20. The maximum Gasteiger partial charge on any atom is 0.148 e. The summed E-state index contributed by atoms with van der Waals surface area (Å²) in [5.74, 6) is 7.77. The van der Waals surface area contributed by atoms with Crippen LogP contribution in [0.5, 0.6) is 0 Å². The summed E-state index contributed by atoms with van der Waals surface area (Å²) in [7, 11) is 1.70. The lowest BCUT2D eigenvalue weighted by atomic mass is 9.95. The molecule has 1 aromatic heterocycles. The maximum atomic E-state index is 5.52. The molecule has 6 nitrogen and oxygen atoms in total. The number of hydrazine groups is 1. The van der Waals surface area contributed by atoms with Gasteiger partial charge in [-0.3, -0.25) is 0 Å². The molecule has 0 spiro atoms. The van der Waals surface area contributed by atoms with Gasteiger partial charge in [-0.25, -0.2) is 15.8 Å². The minimum Gasteiger partial charge on any atom is -0.385 e. The number of methoxy groups -OCH3 is 1. The van der Waals surface area contributed by atoms with E-state index < -0.39 is 0 Å². The van der Waals surface area contributed by atoms with Crippen molar-refractivity contribution in [1.82, 2.24) is 9.97 Å². The van der Waals surface area contributed by atoms with Crippen molar-refractivity contribution in [3.05, 3.63) is 11.4 Å². The average Bonchev–Trinajstić information content (AvgIpc) is 2.35. The van der Waals surface area contributed by atoms with Gasteiger partial charge in [0.1, 0.15) is 17.5 Å². The smallest absolute Gasteiger partial charge is 0.148 e. The Kier molecular flexibility index (Phi) is 5.50. The number of nitrogens with one attached hydrogen (secondary N) is 2. The van der Waals surface area contributed by atoms with Gasteiger partial charge < -0.3 is 15.5 Å². The number of nitrogens with two attached hydrogens (primary N) is 1. The van der Waals surface area contributed by atoms with Crippen molar-refractivity contribution in [2.24, 2.45) is 5.84 Å². The Bertz CT molecular complexity index is 414. The summed E-state index contributed by atoms with van der Waals surface area (Å²) in [6.07, 6.45) is 0.927. The third-order valence-corrected chi connectivity index (χ3v) is 2.77. The van der Waals surface area contributed by atoms with Gasteiger partial charge in [0.15, 0.2) is 0 Å². The molecule has 108 valence electrons. The third kappa shape index (κ3) is 4.33. The molecule has 6 heteroatoms. The summed E-state index contributed by atoms with van der Waals surface area (Å²) in [5, 5.41) is 3.31. The van der Waals surface area contributed by atoms with Crippen molar-refractivity contribution in [3.8, 4) is 0 Å². The van der Waals surface area contributed by atoms with Crippen LogP contribution < -0.4 is 16.6 Å². The standard InChI is InChI=1S/C13H25N5O/c1-9-10(15-7-6-8-19-5)16-12(13(2,3)4)17-11(9)18-14/h6-8,14H2,1-5H3,(H2,15,16,17,18). The topological polar surface area (TPSA) is 85.1 Å². The minimum atomic E-state index is -0.123. The molecular formula is C13H25N5O. The molecule has 0 unspecified atom stereocenters. The van der Waals surface area contributed by atoms with Gasteiger partial charge in [-0.1, -0.05) is 20.8 Å². The molecule has 0 fully saturated rings. The normalized spacial score (nSPS) is 11.5. The van der Waals surface area contributed by atoms with Crippen molar-refractivity contribution in [2.45, 2.75) is 39.5 Å². The molecule has 0 aromatic carbocycles. The quantitative estimate of drug-likeness (QED) is 0.414. The SMILES string of the molecule is COCCCNc1nc(C(C)(C)C)nc(NN)c1C. The Morgan fingerprint density at radius 3 is 2.37 bits per heavy atom. The van der Waals surface area contributed by atoms with Crippen molar-refractivity contribution < 1.29 is 4.74 Å². The fourth-order valence-corrected chi connectivity index (χ4v) is 1.59. The lowest BCUT2D eigenvalue weighted by molar-refractivity contribution is 0.197. The number of rotatable bonds is 6. The summed E-state index contributed by atoms with van der Waals surface area (Å²) >= 11 is 0. The zero-order chi connectivity index (χ0) is 14.5. The molecule has 1 aromatic rings. The third-order valence-electron chi connectivity index (χ3n) is 2.77. The first-order valence-corrected chi connectivity index (χ1v) is 6.48. The van der Waals surface area contributed by atoms with Gasteiger partial charge in [0.05, 0.1) is 0 Å². The van der Waals surface area contributed by atoms with E-state index in [4.69, 9.17) is 10.6 Å². The van der Waals surface area contributed by atoms with E-state index in [9.17, 15) is 0 Å². The zero-order valence-electron chi connectivity index (χ0n) is 12.5. The monoisotopic (exact) mass is 267 g/mol. The number of hydrogen-bond acceptors (Lipinski definition) is 6. The fourth-order valence-electron chi connectivity index (χ4n) is 1.59. The van der Waals surface area contributed by atoms with Crippen LogP contribution >= 0.6 is 0 Å². The Balaban J connectivity index is 2.95. The largest absolute Gasteiger partial charge is 0.385 e. The van der Waals surface area contributed by atoms with Crippen molar-refractivity contribution in [3.63, 3.8) is 0 Å². The molecule has 0 aliphatic carbocycles. The Morgan fingerprint density at radius 2 is 1.84 bits per heavy atom. The molecule has 0 atom stereocenters. The van der Waals surface area contributed by atoms with Crippen LogP contribution in [0.1, 0.15) is 38.6 Å². The van der Waals surface area contributed by atoms with E-state index in [-0.39, 0.29) is 5.41 Å². The van der Waals surface area contributed by atoms with E-state index >= 15 is 0 Å². The number of nitrogen functional groups attached to an aromatic ring is 1. The Labute approximate surface area is 115 Å². The summed E-state index contributed by atoms with van der Waals surface area (Å²) in [6.45, 7) is 9.71. The van der Waals surface area contributed by atoms with Gasteiger partial charge >= 0.3 is 0 Å². The number of nitrogens with zero attached hydrogens (tertiary/aromatic N) is 2. The van der Waals surface area contributed by atoms with Crippen molar-refractivity contribution >= 4 is 11.6 Å². The molecule has 4 N–H and O–H groups in total. The second-order valence-electron chi connectivity index (χ2n) is 5.54. The fraction of sp³-hybridized carbons (Fsp3) is 0.692. The van der Waals surface area contributed by atoms with E-state index in [1.807, 2.05) is 6.92 Å². The molecule has 0 saturated carbocycles. The lowest BCUT2D eigenvalue weighted by Crippen LogP contribution is -2.21. The van der Waals surface area contributed by atoms with Crippen LogP contribution in [0.3, 0.4) is 0 Å². The predicted octanol–water partition coefficient (Wildman–Crippen LogP) is 1.82. The van der Waals surface area contributed by atoms with Gasteiger partial charge in [0.2, 0.25) is 0 Å². The summed E-state index contributed by atoms with van der Waals surface area (Å²) in [5.41, 5.74) is 3.44. The molecular weight excluding hydrogens is 242 g/mol. The van der Waals surface area contributed by atoms with Gasteiger partial charge in [-0.15, -0.1) is 0 Å². The zero-order valence-corrected chi connectivity index (χ0v) is 12.5. The second kappa shape index (κ2) is 6.68.